The third-order valence-electron chi connectivity index (χ3n) is 7.39. The van der Waals surface area contributed by atoms with Crippen molar-refractivity contribution in [2.75, 3.05) is 13.1 Å². The number of alkyl halides is 3. The Bertz CT molecular complexity index is 1250. The predicted molar refractivity (Wildman–Crippen MR) is 133 cm³/mol. The van der Waals surface area contributed by atoms with Gasteiger partial charge in [0.2, 0.25) is 0 Å². The molecule has 2 unspecified atom stereocenters. The minimum Gasteiger partial charge on any atom is -0.456 e. The van der Waals surface area contributed by atoms with Crippen molar-refractivity contribution in [3.05, 3.63) is 63.1 Å². The van der Waals surface area contributed by atoms with E-state index in [-0.39, 0.29) is 5.91 Å². The third-order valence-corrected chi connectivity index (χ3v) is 7.89. The van der Waals surface area contributed by atoms with Crippen molar-refractivity contribution >= 4 is 33.3 Å². The van der Waals surface area contributed by atoms with E-state index >= 15 is 0 Å². The fourth-order valence-corrected chi connectivity index (χ4v) is 6.13. The van der Waals surface area contributed by atoms with Gasteiger partial charge in [0.25, 0.3) is 5.91 Å². The highest BCUT2D eigenvalue weighted by atomic mass is 79.9. The number of piperidine rings is 1. The van der Waals surface area contributed by atoms with Crippen LogP contribution in [0.3, 0.4) is 0 Å². The molecular formula is C27H26BrF3N2O3. The topological polar surface area (TPSA) is 49.9 Å². The molecule has 0 saturated carbocycles. The first-order chi connectivity index (χ1) is 17.1. The van der Waals surface area contributed by atoms with Crippen LogP contribution < -0.4 is 4.74 Å². The quantitative estimate of drug-likeness (QED) is 0.363. The SMILES string of the molecule is CCN(CC)C(=O)c1ccc2c(c1)Oc1ccc(Br)cc1C2=C1CC2CCC(C1)N2C(=O)C(F)(F)F. The van der Waals surface area contributed by atoms with Gasteiger partial charge in [0, 0.05) is 46.3 Å². The second kappa shape index (κ2) is 9.25. The molecule has 2 fully saturated rings. The summed E-state index contributed by atoms with van der Waals surface area (Å²) >= 11 is 3.52. The van der Waals surface area contributed by atoms with Crippen LogP contribution in [-0.2, 0) is 4.79 Å². The summed E-state index contributed by atoms with van der Waals surface area (Å²) in [7, 11) is 0. The lowest BCUT2D eigenvalue weighted by atomic mass is 9.83. The van der Waals surface area contributed by atoms with E-state index in [2.05, 4.69) is 15.9 Å². The Morgan fingerprint density at radius 2 is 1.67 bits per heavy atom. The highest BCUT2D eigenvalue weighted by Crippen LogP contribution is 2.50. The fraction of sp³-hybridized carbons (Fsp3) is 0.407. The fourth-order valence-electron chi connectivity index (χ4n) is 5.77. The Morgan fingerprint density at radius 3 is 2.28 bits per heavy atom. The third kappa shape index (κ3) is 4.21. The van der Waals surface area contributed by atoms with Gasteiger partial charge in [-0.2, -0.15) is 13.2 Å². The van der Waals surface area contributed by atoms with E-state index < -0.39 is 24.2 Å². The summed E-state index contributed by atoms with van der Waals surface area (Å²) in [5.41, 5.74) is 4.12. The van der Waals surface area contributed by atoms with Crippen LogP contribution in [0.25, 0.3) is 5.57 Å². The van der Waals surface area contributed by atoms with Crippen molar-refractivity contribution in [1.29, 1.82) is 0 Å². The molecule has 0 spiro atoms. The molecule has 3 heterocycles. The average molecular weight is 563 g/mol. The summed E-state index contributed by atoms with van der Waals surface area (Å²) in [4.78, 5) is 27.9. The van der Waals surface area contributed by atoms with Crippen molar-refractivity contribution < 1.29 is 27.5 Å². The van der Waals surface area contributed by atoms with E-state index in [0.29, 0.717) is 55.8 Å². The van der Waals surface area contributed by atoms with Crippen LogP contribution in [0.4, 0.5) is 13.2 Å². The van der Waals surface area contributed by atoms with Crippen LogP contribution in [0.2, 0.25) is 0 Å². The molecule has 3 aliphatic rings. The first-order valence-corrected chi connectivity index (χ1v) is 12.9. The lowest BCUT2D eigenvalue weighted by molar-refractivity contribution is -0.189. The van der Waals surface area contributed by atoms with Gasteiger partial charge < -0.3 is 14.5 Å². The van der Waals surface area contributed by atoms with Crippen LogP contribution in [0.5, 0.6) is 11.5 Å². The molecule has 190 valence electrons. The Kier molecular flexibility index (Phi) is 6.39. The minimum absolute atomic E-state index is 0.0841. The van der Waals surface area contributed by atoms with Gasteiger partial charge in [-0.15, -0.1) is 0 Å². The summed E-state index contributed by atoms with van der Waals surface area (Å²) in [6.45, 7) is 5.04. The smallest absolute Gasteiger partial charge is 0.456 e. The Hall–Kier alpha value is -2.81. The van der Waals surface area contributed by atoms with Crippen molar-refractivity contribution in [2.24, 2.45) is 0 Å². The highest BCUT2D eigenvalue weighted by molar-refractivity contribution is 9.10. The van der Waals surface area contributed by atoms with E-state index in [1.807, 2.05) is 38.1 Å². The molecule has 2 atom stereocenters. The molecule has 2 aromatic carbocycles. The molecule has 2 aromatic rings. The molecular weight excluding hydrogens is 537 g/mol. The maximum atomic E-state index is 13.3. The van der Waals surface area contributed by atoms with Gasteiger partial charge in [0.1, 0.15) is 11.5 Å². The molecule has 0 aliphatic carbocycles. The maximum absolute atomic E-state index is 13.3. The van der Waals surface area contributed by atoms with Crippen molar-refractivity contribution in [3.8, 4) is 11.5 Å². The van der Waals surface area contributed by atoms with Gasteiger partial charge in [-0.3, -0.25) is 9.59 Å². The lowest BCUT2D eigenvalue weighted by Crippen LogP contribution is -2.50. The molecule has 0 aromatic heterocycles. The van der Waals surface area contributed by atoms with Crippen molar-refractivity contribution in [3.63, 3.8) is 0 Å². The van der Waals surface area contributed by atoms with Gasteiger partial charge in [-0.1, -0.05) is 21.5 Å². The molecule has 5 rings (SSSR count). The molecule has 5 nitrogen and oxygen atoms in total. The summed E-state index contributed by atoms with van der Waals surface area (Å²) < 4.78 is 46.8. The lowest BCUT2D eigenvalue weighted by Gasteiger charge is -2.38. The molecule has 0 radical (unpaired) electrons. The van der Waals surface area contributed by atoms with Gasteiger partial charge in [-0.05, 0) is 81.5 Å². The van der Waals surface area contributed by atoms with E-state index in [9.17, 15) is 22.8 Å². The zero-order chi connectivity index (χ0) is 25.8. The number of benzene rings is 2. The number of hydrogen-bond donors (Lipinski definition) is 0. The number of amides is 2. The first kappa shape index (κ1) is 24.9. The summed E-state index contributed by atoms with van der Waals surface area (Å²) in [6.07, 6.45) is -3.02. The largest absolute Gasteiger partial charge is 0.471 e. The molecule has 2 bridgehead atoms. The van der Waals surface area contributed by atoms with Crippen molar-refractivity contribution in [1.82, 2.24) is 9.80 Å². The van der Waals surface area contributed by atoms with Crippen LogP contribution >= 0.6 is 15.9 Å². The summed E-state index contributed by atoms with van der Waals surface area (Å²) in [5.74, 6) is -0.651. The van der Waals surface area contributed by atoms with Gasteiger partial charge in [0.05, 0.1) is 0 Å². The second-order valence-electron chi connectivity index (χ2n) is 9.41. The van der Waals surface area contributed by atoms with Crippen LogP contribution in [0, 0.1) is 0 Å². The molecule has 9 heteroatoms. The van der Waals surface area contributed by atoms with Gasteiger partial charge in [0.15, 0.2) is 0 Å². The number of hydrogen-bond acceptors (Lipinski definition) is 3. The van der Waals surface area contributed by atoms with Gasteiger partial charge >= 0.3 is 12.1 Å². The Morgan fingerprint density at radius 1 is 1.00 bits per heavy atom. The van der Waals surface area contributed by atoms with E-state index in [1.54, 1.807) is 17.0 Å². The number of ether oxygens (including phenoxy) is 1. The maximum Gasteiger partial charge on any atom is 0.471 e. The zero-order valence-corrected chi connectivity index (χ0v) is 21.6. The molecule has 3 aliphatic heterocycles. The number of carbonyl (C=O) groups is 2. The number of fused-ring (bicyclic) bond motifs is 4. The van der Waals surface area contributed by atoms with E-state index in [1.165, 1.54) is 0 Å². The van der Waals surface area contributed by atoms with E-state index in [4.69, 9.17) is 4.74 Å². The first-order valence-electron chi connectivity index (χ1n) is 12.1. The number of carbonyl (C=O) groups excluding carboxylic acids is 2. The summed E-state index contributed by atoms with van der Waals surface area (Å²) in [5, 5.41) is 0. The molecule has 2 amide bonds. The van der Waals surface area contributed by atoms with E-state index in [0.717, 1.165) is 31.6 Å². The standard InChI is InChI=1S/C27H26BrF3N2O3/c1-3-32(4-2)25(34)15-5-9-20-23(13-15)36-22-10-6-17(28)14-21(22)24(20)16-11-18-7-8-19(12-16)33(18)26(35)27(29,30)31/h5-6,9-10,13-14,18-19H,3-4,7-8,11-12H2,1-2H3. The number of rotatable bonds is 3. The summed E-state index contributed by atoms with van der Waals surface area (Å²) in [6, 6.07) is 10.1. The average Bonchev–Trinajstić information content (AvgIpc) is 3.10. The molecule has 2 saturated heterocycles. The van der Waals surface area contributed by atoms with Crippen LogP contribution in [0.1, 0.15) is 61.0 Å². The van der Waals surface area contributed by atoms with Crippen molar-refractivity contribution in [2.45, 2.75) is 57.8 Å². The molecule has 36 heavy (non-hydrogen) atoms. The van der Waals surface area contributed by atoms with Crippen LogP contribution in [-0.4, -0.2) is 53.0 Å². The van der Waals surface area contributed by atoms with Crippen LogP contribution in [0.15, 0.2) is 46.4 Å². The Balaban J connectivity index is 1.59. The predicted octanol–water partition coefficient (Wildman–Crippen LogP) is 6.55. The highest BCUT2D eigenvalue weighted by Gasteiger charge is 2.51. The zero-order valence-electron chi connectivity index (χ0n) is 20.0. The second-order valence-corrected chi connectivity index (χ2v) is 10.3. The monoisotopic (exact) mass is 562 g/mol. The normalized spacial score (nSPS) is 20.6. The Labute approximate surface area is 216 Å². The number of halogens is 4. The van der Waals surface area contributed by atoms with Gasteiger partial charge in [-0.25, -0.2) is 0 Å². The molecule has 0 N–H and O–H groups in total. The minimum atomic E-state index is -4.87. The number of nitrogens with zero attached hydrogens (tertiary/aromatic N) is 2.